The summed E-state index contributed by atoms with van der Waals surface area (Å²) in [5.41, 5.74) is 6.59. The third-order valence-corrected chi connectivity index (χ3v) is 4.02. The molecule has 0 saturated carbocycles. The number of aromatic nitrogens is 1. The number of aryl methyl sites for hydroxylation is 1. The normalized spacial score (nSPS) is 11.2. The van der Waals surface area contributed by atoms with E-state index in [4.69, 9.17) is 5.73 Å². The van der Waals surface area contributed by atoms with Gasteiger partial charge in [-0.3, -0.25) is 4.72 Å². The Kier molecular flexibility index (Phi) is 3.71. The van der Waals surface area contributed by atoms with E-state index in [1.54, 1.807) is 42.5 Å². The van der Waals surface area contributed by atoms with Crippen LogP contribution in [0.2, 0.25) is 0 Å². The summed E-state index contributed by atoms with van der Waals surface area (Å²) < 4.78 is 26.6. The molecule has 5 nitrogen and oxygen atoms in total. The maximum Gasteiger partial charge on any atom is 0.263 e. The summed E-state index contributed by atoms with van der Waals surface area (Å²) in [7, 11) is -3.62. The van der Waals surface area contributed by atoms with Gasteiger partial charge in [-0.2, -0.15) is 0 Å². The summed E-state index contributed by atoms with van der Waals surface area (Å²) in [6.07, 6.45) is 0.866. The molecule has 0 aliphatic carbocycles. The zero-order chi connectivity index (χ0) is 13.9. The number of nitrogen functional groups attached to an aromatic ring is 1. The lowest BCUT2D eigenvalue weighted by molar-refractivity contribution is 0.601. The average Bonchev–Trinajstić information content (AvgIpc) is 2.38. The molecule has 0 spiro atoms. The molecule has 0 aliphatic heterocycles. The maximum absolute atomic E-state index is 12.1. The fourth-order valence-electron chi connectivity index (χ4n) is 1.61. The quantitative estimate of drug-likeness (QED) is 0.895. The van der Waals surface area contributed by atoms with Crippen LogP contribution in [0.3, 0.4) is 0 Å². The molecular weight excluding hydrogens is 262 g/mol. The highest BCUT2D eigenvalue weighted by Gasteiger charge is 2.14. The first-order valence-electron chi connectivity index (χ1n) is 5.85. The van der Waals surface area contributed by atoms with Crippen LogP contribution in [-0.2, 0) is 16.4 Å². The molecule has 19 heavy (non-hydrogen) atoms. The van der Waals surface area contributed by atoms with Crippen LogP contribution in [0.15, 0.2) is 47.4 Å². The Morgan fingerprint density at radius 3 is 2.42 bits per heavy atom. The molecule has 0 unspecified atom stereocenters. The summed E-state index contributed by atoms with van der Waals surface area (Å²) in [5, 5.41) is 0. The first-order chi connectivity index (χ1) is 9.01. The van der Waals surface area contributed by atoms with Crippen molar-refractivity contribution in [1.82, 2.24) is 4.98 Å². The van der Waals surface area contributed by atoms with Crippen molar-refractivity contribution >= 4 is 21.7 Å². The fraction of sp³-hybridized carbons (Fsp3) is 0.154. The van der Waals surface area contributed by atoms with E-state index in [2.05, 4.69) is 9.71 Å². The summed E-state index contributed by atoms with van der Waals surface area (Å²) in [6, 6.07) is 11.5. The Hall–Kier alpha value is -2.08. The molecule has 0 radical (unpaired) electrons. The zero-order valence-corrected chi connectivity index (χ0v) is 11.3. The highest BCUT2D eigenvalue weighted by Crippen LogP contribution is 2.16. The van der Waals surface area contributed by atoms with Gasteiger partial charge in [0.05, 0.1) is 4.90 Å². The number of pyridine rings is 1. The van der Waals surface area contributed by atoms with Crippen molar-refractivity contribution in [2.75, 3.05) is 10.5 Å². The van der Waals surface area contributed by atoms with Gasteiger partial charge in [0.25, 0.3) is 10.0 Å². The third kappa shape index (κ3) is 3.23. The third-order valence-electron chi connectivity index (χ3n) is 2.65. The zero-order valence-electron chi connectivity index (χ0n) is 10.5. The molecule has 0 fully saturated rings. The van der Waals surface area contributed by atoms with E-state index in [-0.39, 0.29) is 16.5 Å². The monoisotopic (exact) mass is 277 g/mol. The molecule has 1 aromatic heterocycles. The van der Waals surface area contributed by atoms with Crippen LogP contribution in [0.4, 0.5) is 11.6 Å². The van der Waals surface area contributed by atoms with Crippen LogP contribution < -0.4 is 10.5 Å². The largest absolute Gasteiger partial charge is 0.384 e. The molecular formula is C13H15N3O2S. The van der Waals surface area contributed by atoms with Crippen molar-refractivity contribution in [3.8, 4) is 0 Å². The van der Waals surface area contributed by atoms with E-state index >= 15 is 0 Å². The number of nitrogens with zero attached hydrogens (tertiary/aromatic N) is 1. The Morgan fingerprint density at radius 2 is 1.84 bits per heavy atom. The van der Waals surface area contributed by atoms with Gasteiger partial charge in [0, 0.05) is 0 Å². The second-order valence-corrected chi connectivity index (χ2v) is 5.73. The van der Waals surface area contributed by atoms with Crippen molar-refractivity contribution < 1.29 is 8.42 Å². The number of nitrogens with two attached hydrogens (primary N) is 1. The van der Waals surface area contributed by atoms with Crippen molar-refractivity contribution in [1.29, 1.82) is 0 Å². The van der Waals surface area contributed by atoms with Crippen LogP contribution >= 0.6 is 0 Å². The van der Waals surface area contributed by atoms with E-state index < -0.39 is 10.0 Å². The summed E-state index contributed by atoms with van der Waals surface area (Å²) in [4.78, 5) is 4.11. The van der Waals surface area contributed by atoms with E-state index in [1.165, 1.54) is 0 Å². The predicted molar refractivity (Wildman–Crippen MR) is 75.3 cm³/mol. The first kappa shape index (κ1) is 13.4. The maximum atomic E-state index is 12.1. The minimum atomic E-state index is -3.62. The number of hydrogen-bond acceptors (Lipinski definition) is 4. The molecule has 1 aromatic carbocycles. The Morgan fingerprint density at radius 1 is 1.16 bits per heavy atom. The molecule has 0 atom stereocenters. The molecule has 100 valence electrons. The van der Waals surface area contributed by atoms with Gasteiger partial charge < -0.3 is 5.73 Å². The van der Waals surface area contributed by atoms with Gasteiger partial charge in [-0.05, 0) is 36.2 Å². The van der Waals surface area contributed by atoms with Crippen molar-refractivity contribution in [2.24, 2.45) is 0 Å². The fourth-order valence-corrected chi connectivity index (χ4v) is 2.61. The molecule has 0 aliphatic rings. The van der Waals surface area contributed by atoms with E-state index in [1.807, 2.05) is 6.92 Å². The van der Waals surface area contributed by atoms with Crippen LogP contribution in [0.1, 0.15) is 12.5 Å². The number of sulfonamides is 1. The molecule has 3 N–H and O–H groups in total. The second kappa shape index (κ2) is 5.27. The first-order valence-corrected chi connectivity index (χ1v) is 7.34. The number of anilines is 2. The molecule has 0 amide bonds. The van der Waals surface area contributed by atoms with Crippen LogP contribution in [0.5, 0.6) is 0 Å². The summed E-state index contributed by atoms with van der Waals surface area (Å²) in [6.45, 7) is 2.01. The van der Waals surface area contributed by atoms with Gasteiger partial charge in [-0.1, -0.05) is 25.1 Å². The summed E-state index contributed by atoms with van der Waals surface area (Å²) >= 11 is 0. The highest BCUT2D eigenvalue weighted by atomic mass is 32.2. The van der Waals surface area contributed by atoms with Gasteiger partial charge >= 0.3 is 0 Å². The second-order valence-electron chi connectivity index (χ2n) is 4.05. The Balaban J connectivity index is 2.27. The van der Waals surface area contributed by atoms with Gasteiger partial charge in [0.15, 0.2) is 0 Å². The summed E-state index contributed by atoms with van der Waals surface area (Å²) in [5.74, 6) is 0.473. The van der Waals surface area contributed by atoms with E-state index in [9.17, 15) is 8.42 Å². The van der Waals surface area contributed by atoms with Crippen LogP contribution in [-0.4, -0.2) is 13.4 Å². The molecule has 1 heterocycles. The van der Waals surface area contributed by atoms with Gasteiger partial charge in [0.1, 0.15) is 11.6 Å². The molecule has 6 heteroatoms. The lowest BCUT2D eigenvalue weighted by atomic mass is 10.2. The van der Waals surface area contributed by atoms with Crippen molar-refractivity contribution in [3.05, 3.63) is 48.0 Å². The Bertz CT molecular complexity index is 667. The lowest BCUT2D eigenvalue weighted by Gasteiger charge is -2.08. The molecule has 2 aromatic rings. The predicted octanol–water partition coefficient (Wildman–Crippen LogP) is 2.03. The van der Waals surface area contributed by atoms with Crippen molar-refractivity contribution in [3.63, 3.8) is 0 Å². The van der Waals surface area contributed by atoms with E-state index in [0.717, 1.165) is 12.0 Å². The average molecular weight is 277 g/mol. The van der Waals surface area contributed by atoms with Gasteiger partial charge in [-0.15, -0.1) is 0 Å². The SMILES string of the molecule is CCc1ccc(S(=O)(=O)Nc2cccc(N)n2)cc1. The number of rotatable bonds is 4. The smallest absolute Gasteiger partial charge is 0.263 e. The van der Waals surface area contributed by atoms with Crippen LogP contribution in [0, 0.1) is 0 Å². The Labute approximate surface area is 112 Å². The number of hydrogen-bond donors (Lipinski definition) is 2. The number of benzene rings is 1. The van der Waals surface area contributed by atoms with E-state index in [0.29, 0.717) is 0 Å². The number of nitrogens with one attached hydrogen (secondary N) is 1. The molecule has 2 rings (SSSR count). The molecule has 0 saturated heterocycles. The van der Waals surface area contributed by atoms with Gasteiger partial charge in [-0.25, -0.2) is 13.4 Å². The van der Waals surface area contributed by atoms with Gasteiger partial charge in [0.2, 0.25) is 0 Å². The highest BCUT2D eigenvalue weighted by molar-refractivity contribution is 7.92. The van der Waals surface area contributed by atoms with Crippen molar-refractivity contribution in [2.45, 2.75) is 18.2 Å². The minimum absolute atomic E-state index is 0.203. The minimum Gasteiger partial charge on any atom is -0.384 e. The molecule has 0 bridgehead atoms. The lowest BCUT2D eigenvalue weighted by Crippen LogP contribution is -2.14. The van der Waals surface area contributed by atoms with Crippen LogP contribution in [0.25, 0.3) is 0 Å². The topological polar surface area (TPSA) is 85.1 Å². The standard InChI is InChI=1S/C13H15N3O2S/c1-2-10-6-8-11(9-7-10)19(17,18)16-13-5-3-4-12(14)15-13/h3-9H,2H2,1H3,(H3,14,15,16).